The fraction of sp³-hybridized carbons (Fsp3) is 0.238. The molecule has 0 saturated carbocycles. The number of benzene rings is 2. The van der Waals surface area contributed by atoms with Crippen molar-refractivity contribution in [3.05, 3.63) is 70.8 Å². The van der Waals surface area contributed by atoms with Crippen LogP contribution in [0.3, 0.4) is 0 Å². The first-order valence-electron chi connectivity index (χ1n) is 8.64. The second kappa shape index (κ2) is 7.94. The summed E-state index contributed by atoms with van der Waals surface area (Å²) in [7, 11) is 4.08. The molecule has 2 aromatic carbocycles. The summed E-state index contributed by atoms with van der Waals surface area (Å²) in [4.78, 5) is 17.9. The summed E-state index contributed by atoms with van der Waals surface area (Å²) in [6.45, 7) is 4.20. The Hall–Kier alpha value is -2.63. The van der Waals surface area contributed by atoms with Crippen LogP contribution in [-0.2, 0) is 0 Å². The first-order chi connectivity index (χ1) is 12.9. The lowest BCUT2D eigenvalue weighted by atomic mass is 10.2. The number of hydrogen-bond donors (Lipinski definition) is 0. The highest BCUT2D eigenvalue weighted by atomic mass is 35.5. The van der Waals surface area contributed by atoms with Gasteiger partial charge in [-0.05, 0) is 64.3 Å². The fourth-order valence-corrected chi connectivity index (χ4v) is 3.00. The summed E-state index contributed by atoms with van der Waals surface area (Å²) < 4.78 is 7.88. The van der Waals surface area contributed by atoms with Crippen molar-refractivity contribution in [1.82, 2.24) is 14.5 Å². The lowest BCUT2D eigenvalue weighted by Crippen LogP contribution is -2.18. The Morgan fingerprint density at radius 2 is 1.89 bits per heavy atom. The van der Waals surface area contributed by atoms with Gasteiger partial charge in [0.05, 0.1) is 23.6 Å². The number of hydrogen-bond acceptors (Lipinski definition) is 4. The molecule has 6 heteroatoms. The molecule has 0 unspecified atom stereocenters. The molecule has 3 aromatic rings. The van der Waals surface area contributed by atoms with Crippen molar-refractivity contribution >= 4 is 17.9 Å². The number of nitrogens with zero attached hydrogens (tertiary/aromatic N) is 3. The zero-order valence-electron chi connectivity index (χ0n) is 15.8. The first-order valence-corrected chi connectivity index (χ1v) is 9.01. The van der Waals surface area contributed by atoms with E-state index in [-0.39, 0.29) is 6.04 Å². The monoisotopic (exact) mass is 383 g/mol. The Labute approximate surface area is 164 Å². The van der Waals surface area contributed by atoms with Crippen LogP contribution in [0, 0.1) is 6.92 Å². The molecule has 140 valence electrons. The molecular weight excluding hydrogens is 362 g/mol. The Morgan fingerprint density at radius 3 is 2.52 bits per heavy atom. The van der Waals surface area contributed by atoms with E-state index in [0.717, 1.165) is 23.4 Å². The molecule has 0 aliphatic carbocycles. The van der Waals surface area contributed by atoms with Crippen LogP contribution in [0.25, 0.3) is 5.69 Å². The van der Waals surface area contributed by atoms with E-state index < -0.39 is 0 Å². The SMILES string of the molecule is Cc1c([C@@H](C)N(C)C)ncn1-c1ccc(Oc2cc(Cl)ccc2C=O)cc1. The van der Waals surface area contributed by atoms with E-state index in [1.54, 1.807) is 18.2 Å². The highest BCUT2D eigenvalue weighted by Crippen LogP contribution is 2.29. The number of carbonyl (C=O) groups is 1. The number of rotatable bonds is 6. The molecule has 1 aromatic heterocycles. The second-order valence-corrected chi connectivity index (χ2v) is 7.06. The van der Waals surface area contributed by atoms with Gasteiger partial charge in [-0.1, -0.05) is 11.6 Å². The summed E-state index contributed by atoms with van der Waals surface area (Å²) in [5.74, 6) is 1.06. The molecule has 0 N–H and O–H groups in total. The molecule has 0 radical (unpaired) electrons. The summed E-state index contributed by atoms with van der Waals surface area (Å²) in [6, 6.07) is 12.8. The molecule has 0 spiro atoms. The third kappa shape index (κ3) is 4.04. The predicted molar refractivity (Wildman–Crippen MR) is 107 cm³/mol. The van der Waals surface area contributed by atoms with Crippen LogP contribution in [0.1, 0.15) is 34.7 Å². The number of aldehydes is 1. The topological polar surface area (TPSA) is 47.4 Å². The van der Waals surface area contributed by atoms with Gasteiger partial charge in [0, 0.05) is 22.5 Å². The van der Waals surface area contributed by atoms with Gasteiger partial charge in [0.25, 0.3) is 0 Å². The van der Waals surface area contributed by atoms with E-state index in [1.165, 1.54) is 0 Å². The fourth-order valence-electron chi connectivity index (χ4n) is 2.83. The van der Waals surface area contributed by atoms with E-state index in [0.29, 0.717) is 22.1 Å². The van der Waals surface area contributed by atoms with Crippen molar-refractivity contribution in [2.45, 2.75) is 19.9 Å². The zero-order chi connectivity index (χ0) is 19.6. The van der Waals surface area contributed by atoms with Crippen molar-refractivity contribution in [3.8, 4) is 17.2 Å². The van der Waals surface area contributed by atoms with Crippen molar-refractivity contribution in [2.75, 3.05) is 14.1 Å². The molecule has 0 aliphatic heterocycles. The van der Waals surface area contributed by atoms with Gasteiger partial charge in [-0.15, -0.1) is 0 Å². The van der Waals surface area contributed by atoms with Gasteiger partial charge in [0.15, 0.2) is 6.29 Å². The van der Waals surface area contributed by atoms with E-state index in [9.17, 15) is 4.79 Å². The molecule has 0 aliphatic rings. The molecule has 1 atom stereocenters. The van der Waals surface area contributed by atoms with Crippen molar-refractivity contribution in [2.24, 2.45) is 0 Å². The average Bonchev–Trinajstić information content (AvgIpc) is 3.03. The van der Waals surface area contributed by atoms with E-state index in [4.69, 9.17) is 16.3 Å². The largest absolute Gasteiger partial charge is 0.457 e. The minimum Gasteiger partial charge on any atom is -0.457 e. The first kappa shape index (κ1) is 19.1. The quantitative estimate of drug-likeness (QED) is 0.558. The van der Waals surface area contributed by atoms with Crippen LogP contribution in [-0.4, -0.2) is 34.8 Å². The van der Waals surface area contributed by atoms with Crippen molar-refractivity contribution < 1.29 is 9.53 Å². The van der Waals surface area contributed by atoms with E-state index in [1.807, 2.05) is 44.7 Å². The summed E-state index contributed by atoms with van der Waals surface area (Å²) in [5.41, 5.74) is 3.60. The number of aromatic nitrogens is 2. The van der Waals surface area contributed by atoms with Gasteiger partial charge in [0.1, 0.15) is 11.5 Å². The second-order valence-electron chi connectivity index (χ2n) is 6.62. The maximum Gasteiger partial charge on any atom is 0.153 e. The Kier molecular flexibility index (Phi) is 5.63. The number of carbonyl (C=O) groups excluding carboxylic acids is 1. The Balaban J connectivity index is 1.85. The van der Waals surface area contributed by atoms with Crippen molar-refractivity contribution in [3.63, 3.8) is 0 Å². The normalized spacial score (nSPS) is 12.2. The van der Waals surface area contributed by atoms with Crippen molar-refractivity contribution in [1.29, 1.82) is 0 Å². The molecular formula is C21H22ClN3O2. The lowest BCUT2D eigenvalue weighted by molar-refractivity contribution is 0.112. The Morgan fingerprint density at radius 1 is 1.19 bits per heavy atom. The summed E-state index contributed by atoms with van der Waals surface area (Å²) >= 11 is 6.00. The molecule has 27 heavy (non-hydrogen) atoms. The van der Waals surface area contributed by atoms with Gasteiger partial charge in [-0.3, -0.25) is 4.79 Å². The minimum atomic E-state index is 0.235. The van der Waals surface area contributed by atoms with Crippen LogP contribution >= 0.6 is 11.6 Å². The predicted octanol–water partition coefficient (Wildman–Crippen LogP) is 5.06. The molecule has 0 saturated heterocycles. The van der Waals surface area contributed by atoms with Crippen LogP contribution in [0.4, 0.5) is 0 Å². The van der Waals surface area contributed by atoms with Crippen LogP contribution in [0.2, 0.25) is 5.02 Å². The maximum atomic E-state index is 11.2. The van der Waals surface area contributed by atoms with Gasteiger partial charge in [0.2, 0.25) is 0 Å². The third-order valence-corrected chi connectivity index (χ3v) is 4.90. The molecule has 1 heterocycles. The average molecular weight is 384 g/mol. The van der Waals surface area contributed by atoms with Gasteiger partial charge in [-0.2, -0.15) is 0 Å². The summed E-state index contributed by atoms with van der Waals surface area (Å²) in [6.07, 6.45) is 2.59. The van der Waals surface area contributed by atoms with E-state index in [2.05, 4.69) is 28.3 Å². The van der Waals surface area contributed by atoms with Crippen LogP contribution in [0.15, 0.2) is 48.8 Å². The van der Waals surface area contributed by atoms with Gasteiger partial charge in [-0.25, -0.2) is 4.98 Å². The maximum absolute atomic E-state index is 11.2. The zero-order valence-corrected chi connectivity index (χ0v) is 16.6. The molecule has 0 bridgehead atoms. The molecule has 5 nitrogen and oxygen atoms in total. The highest BCUT2D eigenvalue weighted by molar-refractivity contribution is 6.30. The summed E-state index contributed by atoms with van der Waals surface area (Å²) in [5, 5.41) is 0.517. The highest BCUT2D eigenvalue weighted by Gasteiger charge is 2.16. The van der Waals surface area contributed by atoms with Gasteiger partial charge < -0.3 is 14.2 Å². The minimum absolute atomic E-state index is 0.235. The Bertz CT molecular complexity index is 949. The number of ether oxygens (including phenoxy) is 1. The number of imidazole rings is 1. The molecule has 0 fully saturated rings. The van der Waals surface area contributed by atoms with Crippen LogP contribution < -0.4 is 4.74 Å². The van der Waals surface area contributed by atoms with Crippen LogP contribution in [0.5, 0.6) is 11.5 Å². The van der Waals surface area contributed by atoms with E-state index >= 15 is 0 Å². The lowest BCUT2D eigenvalue weighted by Gasteiger charge is -2.19. The number of halogens is 1. The molecule has 3 rings (SSSR count). The molecule has 0 amide bonds. The third-order valence-electron chi connectivity index (χ3n) is 4.66. The van der Waals surface area contributed by atoms with Gasteiger partial charge >= 0.3 is 0 Å². The standard InChI is InChI=1S/C21H22ClN3O2/c1-14(24(3)4)21-15(2)25(13-23-21)18-7-9-19(10-8-18)27-20-11-17(22)6-5-16(20)12-26/h5-14H,1-4H3/t14-/m1/s1. The smallest absolute Gasteiger partial charge is 0.153 e.